The Bertz CT molecular complexity index is 470. The van der Waals surface area contributed by atoms with Crippen molar-refractivity contribution in [1.29, 1.82) is 0 Å². The number of carbonyl (C=O) groups is 1. The third-order valence-electron chi connectivity index (χ3n) is 3.63. The maximum absolute atomic E-state index is 12.3. The molecular formula is C15H22BrN3O. The number of urea groups is 1. The fourth-order valence-electron chi connectivity index (χ4n) is 2.45. The molecule has 2 amide bonds. The summed E-state index contributed by atoms with van der Waals surface area (Å²) in [5.41, 5.74) is 1.95. The Hall–Kier alpha value is -1.07. The molecule has 1 aliphatic rings. The maximum atomic E-state index is 12.3. The van der Waals surface area contributed by atoms with E-state index in [1.165, 1.54) is 6.42 Å². The van der Waals surface area contributed by atoms with Crippen molar-refractivity contribution in [1.82, 2.24) is 9.80 Å². The second kappa shape index (κ2) is 7.09. The van der Waals surface area contributed by atoms with Crippen LogP contribution in [0.4, 0.5) is 10.5 Å². The highest BCUT2D eigenvalue weighted by atomic mass is 79.9. The molecule has 1 aromatic rings. The minimum atomic E-state index is 0.00608. The number of anilines is 1. The molecule has 0 unspecified atom stereocenters. The smallest absolute Gasteiger partial charge is 0.321 e. The third-order valence-corrected chi connectivity index (χ3v) is 4.12. The molecule has 1 aromatic carbocycles. The summed E-state index contributed by atoms with van der Waals surface area (Å²) in [7, 11) is 0. The Morgan fingerprint density at radius 3 is 2.60 bits per heavy atom. The van der Waals surface area contributed by atoms with E-state index >= 15 is 0 Å². The van der Waals surface area contributed by atoms with Crippen LogP contribution in [0.15, 0.2) is 22.7 Å². The zero-order valence-electron chi connectivity index (χ0n) is 12.2. The largest absolute Gasteiger partial charge is 0.322 e. The highest BCUT2D eigenvalue weighted by molar-refractivity contribution is 9.10. The highest BCUT2D eigenvalue weighted by Crippen LogP contribution is 2.20. The standard InChI is InChI=1S/C15H22BrN3O/c1-3-6-18-7-9-19(10-8-18)15(20)17-14-5-4-13(16)11-12(14)2/h4-5,11H,3,6-10H2,1-2H3,(H,17,20). The Labute approximate surface area is 129 Å². The van der Waals surface area contributed by atoms with E-state index in [1.54, 1.807) is 0 Å². The Balaban J connectivity index is 1.89. The molecule has 2 rings (SSSR count). The van der Waals surface area contributed by atoms with Crippen LogP contribution in [-0.4, -0.2) is 48.6 Å². The van der Waals surface area contributed by atoms with Gasteiger partial charge in [0.15, 0.2) is 0 Å². The van der Waals surface area contributed by atoms with E-state index in [9.17, 15) is 4.79 Å². The van der Waals surface area contributed by atoms with Gasteiger partial charge in [0, 0.05) is 36.3 Å². The molecule has 0 radical (unpaired) electrons. The first kappa shape index (κ1) is 15.3. The van der Waals surface area contributed by atoms with E-state index in [0.717, 1.165) is 48.4 Å². The van der Waals surface area contributed by atoms with Crippen LogP contribution in [0.3, 0.4) is 0 Å². The van der Waals surface area contributed by atoms with Crippen molar-refractivity contribution < 1.29 is 4.79 Å². The van der Waals surface area contributed by atoms with E-state index in [1.807, 2.05) is 30.0 Å². The van der Waals surface area contributed by atoms with Crippen LogP contribution in [0.5, 0.6) is 0 Å². The van der Waals surface area contributed by atoms with Crippen LogP contribution in [0.2, 0.25) is 0 Å². The van der Waals surface area contributed by atoms with Gasteiger partial charge in [0.25, 0.3) is 0 Å². The molecule has 0 aliphatic carbocycles. The van der Waals surface area contributed by atoms with Crippen molar-refractivity contribution in [2.45, 2.75) is 20.3 Å². The van der Waals surface area contributed by atoms with Gasteiger partial charge in [0.1, 0.15) is 0 Å². The normalized spacial score (nSPS) is 16.2. The summed E-state index contributed by atoms with van der Waals surface area (Å²) in [6.45, 7) is 8.88. The number of aryl methyl sites for hydroxylation is 1. The van der Waals surface area contributed by atoms with E-state index in [-0.39, 0.29) is 6.03 Å². The summed E-state index contributed by atoms with van der Waals surface area (Å²) in [6.07, 6.45) is 1.17. The minimum absolute atomic E-state index is 0.00608. The van der Waals surface area contributed by atoms with Gasteiger partial charge in [-0.1, -0.05) is 22.9 Å². The number of hydrogen-bond acceptors (Lipinski definition) is 2. The van der Waals surface area contributed by atoms with Crippen molar-refractivity contribution in [3.8, 4) is 0 Å². The number of amides is 2. The quantitative estimate of drug-likeness (QED) is 0.916. The first-order valence-corrected chi connectivity index (χ1v) is 7.94. The summed E-state index contributed by atoms with van der Waals surface area (Å²) in [5.74, 6) is 0. The van der Waals surface area contributed by atoms with Crippen molar-refractivity contribution in [3.63, 3.8) is 0 Å². The molecule has 1 heterocycles. The topological polar surface area (TPSA) is 35.6 Å². The molecule has 0 bridgehead atoms. The lowest BCUT2D eigenvalue weighted by molar-refractivity contribution is 0.147. The van der Waals surface area contributed by atoms with Gasteiger partial charge in [0.2, 0.25) is 0 Å². The molecule has 0 aromatic heterocycles. The van der Waals surface area contributed by atoms with Crippen LogP contribution in [-0.2, 0) is 0 Å². The summed E-state index contributed by atoms with van der Waals surface area (Å²) >= 11 is 3.43. The molecular weight excluding hydrogens is 318 g/mol. The zero-order valence-corrected chi connectivity index (χ0v) is 13.7. The van der Waals surface area contributed by atoms with Gasteiger partial charge in [-0.2, -0.15) is 0 Å². The second-order valence-electron chi connectivity index (χ2n) is 5.22. The number of hydrogen-bond donors (Lipinski definition) is 1. The van der Waals surface area contributed by atoms with E-state index in [2.05, 4.69) is 33.1 Å². The van der Waals surface area contributed by atoms with Crippen molar-refractivity contribution in [2.75, 3.05) is 38.0 Å². The van der Waals surface area contributed by atoms with E-state index < -0.39 is 0 Å². The summed E-state index contributed by atoms with van der Waals surface area (Å²) in [5, 5.41) is 3.00. The van der Waals surface area contributed by atoms with Gasteiger partial charge in [-0.3, -0.25) is 4.90 Å². The second-order valence-corrected chi connectivity index (χ2v) is 6.13. The molecule has 4 nitrogen and oxygen atoms in total. The number of halogens is 1. The molecule has 0 saturated carbocycles. The molecule has 110 valence electrons. The molecule has 0 spiro atoms. The third kappa shape index (κ3) is 3.96. The van der Waals surface area contributed by atoms with Crippen LogP contribution in [0, 0.1) is 6.92 Å². The van der Waals surface area contributed by atoms with Crippen LogP contribution in [0.25, 0.3) is 0 Å². The lowest BCUT2D eigenvalue weighted by Gasteiger charge is -2.34. The van der Waals surface area contributed by atoms with Gasteiger partial charge in [-0.05, 0) is 43.7 Å². The first-order valence-electron chi connectivity index (χ1n) is 7.14. The zero-order chi connectivity index (χ0) is 14.5. The number of rotatable bonds is 3. The first-order chi connectivity index (χ1) is 9.60. The van der Waals surface area contributed by atoms with E-state index in [4.69, 9.17) is 0 Å². The number of benzene rings is 1. The number of nitrogens with one attached hydrogen (secondary N) is 1. The fraction of sp³-hybridized carbons (Fsp3) is 0.533. The minimum Gasteiger partial charge on any atom is -0.322 e. The van der Waals surface area contributed by atoms with Crippen LogP contribution in [0.1, 0.15) is 18.9 Å². The Morgan fingerprint density at radius 1 is 1.30 bits per heavy atom. The molecule has 1 fully saturated rings. The van der Waals surface area contributed by atoms with E-state index in [0.29, 0.717) is 0 Å². The van der Waals surface area contributed by atoms with Gasteiger partial charge >= 0.3 is 6.03 Å². The molecule has 1 saturated heterocycles. The lowest BCUT2D eigenvalue weighted by Crippen LogP contribution is -2.50. The Morgan fingerprint density at radius 2 is 2.00 bits per heavy atom. The van der Waals surface area contributed by atoms with Gasteiger partial charge < -0.3 is 10.2 Å². The molecule has 5 heteroatoms. The average Bonchev–Trinajstić information content (AvgIpc) is 2.43. The number of piperazine rings is 1. The van der Waals surface area contributed by atoms with Crippen molar-refractivity contribution >= 4 is 27.6 Å². The molecule has 20 heavy (non-hydrogen) atoms. The SMILES string of the molecule is CCCN1CCN(C(=O)Nc2ccc(Br)cc2C)CC1. The lowest BCUT2D eigenvalue weighted by atomic mass is 10.2. The Kier molecular flexibility index (Phi) is 5.43. The predicted molar refractivity (Wildman–Crippen MR) is 86.2 cm³/mol. The monoisotopic (exact) mass is 339 g/mol. The highest BCUT2D eigenvalue weighted by Gasteiger charge is 2.20. The van der Waals surface area contributed by atoms with Gasteiger partial charge in [-0.15, -0.1) is 0 Å². The van der Waals surface area contributed by atoms with Crippen molar-refractivity contribution in [2.24, 2.45) is 0 Å². The van der Waals surface area contributed by atoms with Gasteiger partial charge in [0.05, 0.1) is 0 Å². The molecule has 1 aliphatic heterocycles. The molecule has 0 atom stereocenters. The number of carbonyl (C=O) groups excluding carboxylic acids is 1. The fourth-order valence-corrected chi connectivity index (χ4v) is 2.93. The summed E-state index contributed by atoms with van der Waals surface area (Å²) < 4.78 is 1.03. The van der Waals surface area contributed by atoms with Gasteiger partial charge in [-0.25, -0.2) is 4.79 Å². The van der Waals surface area contributed by atoms with Crippen LogP contribution < -0.4 is 5.32 Å². The summed E-state index contributed by atoms with van der Waals surface area (Å²) in [6, 6.07) is 5.90. The number of nitrogens with zero attached hydrogens (tertiary/aromatic N) is 2. The summed E-state index contributed by atoms with van der Waals surface area (Å²) in [4.78, 5) is 16.6. The van der Waals surface area contributed by atoms with Crippen LogP contribution >= 0.6 is 15.9 Å². The van der Waals surface area contributed by atoms with Crippen molar-refractivity contribution in [3.05, 3.63) is 28.2 Å². The predicted octanol–water partition coefficient (Wildman–Crippen LogP) is 3.32. The maximum Gasteiger partial charge on any atom is 0.321 e. The molecule has 1 N–H and O–H groups in total. The average molecular weight is 340 g/mol.